The van der Waals surface area contributed by atoms with Gasteiger partial charge in [-0.05, 0) is 91.2 Å². The van der Waals surface area contributed by atoms with Crippen LogP contribution >= 0.6 is 0 Å². The Hall–Kier alpha value is -3.18. The summed E-state index contributed by atoms with van der Waals surface area (Å²) >= 11 is 0. The van der Waals surface area contributed by atoms with E-state index in [0.717, 1.165) is 43.7 Å². The fourth-order valence-electron chi connectivity index (χ4n) is 4.78. The predicted molar refractivity (Wildman–Crippen MR) is 131 cm³/mol. The predicted octanol–water partition coefficient (Wildman–Crippen LogP) is 5.71. The Kier molecular flexibility index (Phi) is 7.09. The van der Waals surface area contributed by atoms with Gasteiger partial charge in [-0.15, -0.1) is 0 Å². The van der Waals surface area contributed by atoms with Crippen molar-refractivity contribution in [1.82, 2.24) is 9.88 Å². The normalized spacial score (nSPS) is 15.8. The highest BCUT2D eigenvalue weighted by molar-refractivity contribution is 5.89. The molecular weight excluding hydrogens is 412 g/mol. The zero-order valence-electron chi connectivity index (χ0n) is 19.7. The Morgan fingerprint density at radius 3 is 2.82 bits per heavy atom. The SMILES string of the molecule is CCCOc1ccc(-c2ccc3c(c2)CCN(C)[C@H]3CCc2cnccc2C(=O)O)c(C)c1. The number of likely N-dealkylation sites (N-methyl/N-ethyl adjacent to an activating group) is 1. The standard InChI is InChI=1S/C28H32N2O3/c1-4-15-33-23-7-9-24(19(2)16-23)20-5-8-25-21(17-20)12-14-30(3)27(25)10-6-22-18-29-13-11-26(22)28(31)32/h5,7-9,11,13,16-18,27H,4,6,10,12,14-15H2,1-3H3,(H,31,32)/t27-/m0/s1. The van der Waals surface area contributed by atoms with Crippen molar-refractivity contribution in [3.63, 3.8) is 0 Å². The van der Waals surface area contributed by atoms with Crippen LogP contribution in [0.15, 0.2) is 54.9 Å². The lowest BCUT2D eigenvalue weighted by Crippen LogP contribution is -2.32. The summed E-state index contributed by atoms with van der Waals surface area (Å²) in [6.45, 7) is 5.97. The van der Waals surface area contributed by atoms with Crippen molar-refractivity contribution in [1.29, 1.82) is 0 Å². The van der Waals surface area contributed by atoms with Gasteiger partial charge in [-0.3, -0.25) is 9.88 Å². The minimum atomic E-state index is -0.893. The third kappa shape index (κ3) is 5.09. The highest BCUT2D eigenvalue weighted by Crippen LogP contribution is 2.36. The molecular formula is C28H32N2O3. The van der Waals surface area contributed by atoms with Gasteiger partial charge in [0.2, 0.25) is 0 Å². The van der Waals surface area contributed by atoms with Gasteiger partial charge in [-0.2, -0.15) is 0 Å². The topological polar surface area (TPSA) is 62.7 Å². The van der Waals surface area contributed by atoms with Crippen molar-refractivity contribution in [2.24, 2.45) is 0 Å². The Bertz CT molecular complexity index is 1140. The molecule has 0 saturated heterocycles. The van der Waals surface area contributed by atoms with Gasteiger partial charge in [0.05, 0.1) is 12.2 Å². The molecule has 0 unspecified atom stereocenters. The first-order chi connectivity index (χ1) is 16.0. The van der Waals surface area contributed by atoms with Crippen LogP contribution < -0.4 is 4.74 Å². The number of aromatic carboxylic acids is 1. The number of carboxylic acids is 1. The second-order valence-corrected chi connectivity index (χ2v) is 8.86. The van der Waals surface area contributed by atoms with Crippen LogP contribution in [0.2, 0.25) is 0 Å². The number of aromatic nitrogens is 1. The van der Waals surface area contributed by atoms with Crippen molar-refractivity contribution in [2.45, 2.75) is 45.6 Å². The van der Waals surface area contributed by atoms with Gasteiger partial charge in [0.15, 0.2) is 0 Å². The van der Waals surface area contributed by atoms with Crippen LogP contribution in [-0.2, 0) is 12.8 Å². The maximum absolute atomic E-state index is 11.6. The number of ether oxygens (including phenoxy) is 1. The van der Waals surface area contributed by atoms with Crippen molar-refractivity contribution in [2.75, 3.05) is 20.2 Å². The molecule has 5 heteroatoms. The zero-order chi connectivity index (χ0) is 23.4. The summed E-state index contributed by atoms with van der Waals surface area (Å²) in [7, 11) is 2.15. The second-order valence-electron chi connectivity index (χ2n) is 8.86. The van der Waals surface area contributed by atoms with Gasteiger partial charge in [0.1, 0.15) is 5.75 Å². The van der Waals surface area contributed by atoms with E-state index in [4.69, 9.17) is 4.74 Å². The van der Waals surface area contributed by atoms with Crippen molar-refractivity contribution in [3.05, 3.63) is 82.7 Å². The highest BCUT2D eigenvalue weighted by Gasteiger charge is 2.25. The lowest BCUT2D eigenvalue weighted by molar-refractivity contribution is 0.0695. The van der Waals surface area contributed by atoms with Gasteiger partial charge in [-0.1, -0.05) is 31.2 Å². The number of carboxylic acid groups (broad SMARTS) is 1. The third-order valence-electron chi connectivity index (χ3n) is 6.57. The molecule has 2 aromatic carbocycles. The summed E-state index contributed by atoms with van der Waals surface area (Å²) in [6, 6.07) is 15.0. The van der Waals surface area contributed by atoms with Crippen LogP contribution in [0.25, 0.3) is 11.1 Å². The number of fused-ring (bicyclic) bond motifs is 1. The molecule has 0 fully saturated rings. The first kappa shape index (κ1) is 23.0. The summed E-state index contributed by atoms with van der Waals surface area (Å²) in [5, 5.41) is 9.49. The average molecular weight is 445 g/mol. The van der Waals surface area contributed by atoms with Crippen LogP contribution in [0.5, 0.6) is 5.75 Å². The smallest absolute Gasteiger partial charge is 0.336 e. The minimum Gasteiger partial charge on any atom is -0.494 e. The lowest BCUT2D eigenvalue weighted by Gasteiger charge is -2.35. The van der Waals surface area contributed by atoms with Gasteiger partial charge in [0.25, 0.3) is 0 Å². The molecule has 0 bridgehead atoms. The van der Waals surface area contributed by atoms with Crippen LogP contribution in [0.3, 0.4) is 0 Å². The first-order valence-corrected chi connectivity index (χ1v) is 11.7. The average Bonchev–Trinajstić information content (AvgIpc) is 2.82. The molecule has 3 aromatic rings. The highest BCUT2D eigenvalue weighted by atomic mass is 16.5. The fraction of sp³-hybridized carbons (Fsp3) is 0.357. The number of aryl methyl sites for hydroxylation is 2. The van der Waals surface area contributed by atoms with Crippen LogP contribution in [0, 0.1) is 6.92 Å². The van der Waals surface area contributed by atoms with Crippen molar-refractivity contribution in [3.8, 4) is 16.9 Å². The summed E-state index contributed by atoms with van der Waals surface area (Å²) in [4.78, 5) is 18.1. The van der Waals surface area contributed by atoms with Crippen molar-refractivity contribution >= 4 is 5.97 Å². The van der Waals surface area contributed by atoms with Crippen LogP contribution in [-0.4, -0.2) is 41.2 Å². The molecule has 0 saturated carbocycles. The molecule has 0 amide bonds. The van der Waals surface area contributed by atoms with Gasteiger partial charge >= 0.3 is 5.97 Å². The van der Waals surface area contributed by atoms with Gasteiger partial charge < -0.3 is 9.84 Å². The number of benzene rings is 2. The van der Waals surface area contributed by atoms with E-state index in [-0.39, 0.29) is 6.04 Å². The van der Waals surface area contributed by atoms with E-state index in [1.54, 1.807) is 18.5 Å². The Balaban J connectivity index is 1.56. The molecule has 0 radical (unpaired) electrons. The third-order valence-corrected chi connectivity index (χ3v) is 6.57. The molecule has 1 aliphatic heterocycles. The number of hydrogen-bond acceptors (Lipinski definition) is 4. The zero-order valence-corrected chi connectivity index (χ0v) is 19.7. The Morgan fingerprint density at radius 2 is 2.06 bits per heavy atom. The Labute approximate surface area is 196 Å². The van der Waals surface area contributed by atoms with E-state index >= 15 is 0 Å². The van der Waals surface area contributed by atoms with E-state index in [1.165, 1.54) is 27.8 Å². The van der Waals surface area contributed by atoms with Crippen LogP contribution in [0.4, 0.5) is 0 Å². The molecule has 0 aliphatic carbocycles. The summed E-state index contributed by atoms with van der Waals surface area (Å²) in [6.07, 6.45) is 6.79. The van der Waals surface area contributed by atoms with E-state index < -0.39 is 5.97 Å². The summed E-state index contributed by atoms with van der Waals surface area (Å²) in [5.74, 6) is 0.0322. The first-order valence-electron chi connectivity index (χ1n) is 11.7. The largest absolute Gasteiger partial charge is 0.494 e. The number of nitrogens with zero attached hydrogens (tertiary/aromatic N) is 2. The minimum absolute atomic E-state index is 0.260. The quantitative estimate of drug-likeness (QED) is 0.482. The molecule has 0 spiro atoms. The Morgan fingerprint density at radius 1 is 1.21 bits per heavy atom. The van der Waals surface area contributed by atoms with Gasteiger partial charge in [-0.25, -0.2) is 4.79 Å². The monoisotopic (exact) mass is 444 g/mol. The molecule has 4 rings (SSSR count). The molecule has 2 heterocycles. The molecule has 1 atom stereocenters. The summed E-state index contributed by atoms with van der Waals surface area (Å²) in [5.41, 5.74) is 7.55. The van der Waals surface area contributed by atoms with E-state index in [0.29, 0.717) is 12.0 Å². The lowest BCUT2D eigenvalue weighted by atomic mass is 9.86. The molecule has 1 aliphatic rings. The van der Waals surface area contributed by atoms with E-state index in [9.17, 15) is 9.90 Å². The van der Waals surface area contributed by atoms with Crippen molar-refractivity contribution < 1.29 is 14.6 Å². The number of hydrogen-bond donors (Lipinski definition) is 1. The van der Waals surface area contributed by atoms with E-state index in [1.807, 2.05) is 0 Å². The van der Waals surface area contributed by atoms with E-state index in [2.05, 4.69) is 67.2 Å². The second kappa shape index (κ2) is 10.2. The maximum Gasteiger partial charge on any atom is 0.336 e. The molecule has 1 N–H and O–H groups in total. The maximum atomic E-state index is 11.6. The van der Waals surface area contributed by atoms with Gasteiger partial charge in [0, 0.05) is 25.0 Å². The molecule has 172 valence electrons. The molecule has 5 nitrogen and oxygen atoms in total. The number of pyridine rings is 1. The fourth-order valence-corrected chi connectivity index (χ4v) is 4.78. The summed E-state index contributed by atoms with van der Waals surface area (Å²) < 4.78 is 5.78. The number of carbonyl (C=O) groups is 1. The molecule has 33 heavy (non-hydrogen) atoms. The van der Waals surface area contributed by atoms with Crippen LogP contribution in [0.1, 0.15) is 58.4 Å². The molecule has 1 aromatic heterocycles. The number of rotatable bonds is 8.